The molecule has 0 aromatic heterocycles. The van der Waals surface area contributed by atoms with Crippen LogP contribution in [0.5, 0.6) is 23.0 Å². The van der Waals surface area contributed by atoms with Crippen LogP contribution >= 0.6 is 0 Å². The molecule has 0 atom stereocenters. The predicted molar refractivity (Wildman–Crippen MR) is 130 cm³/mol. The number of carbonyl (C=O) groups excluding carboxylic acids is 2. The third kappa shape index (κ3) is 5.75. The predicted octanol–water partition coefficient (Wildman–Crippen LogP) is 2.30. The normalized spacial score (nSPS) is 14.0. The Kier molecular flexibility index (Phi) is 8.16. The van der Waals surface area contributed by atoms with Gasteiger partial charge in [0.25, 0.3) is 11.8 Å². The largest absolute Gasteiger partial charge is 0.504 e. The van der Waals surface area contributed by atoms with E-state index in [1.54, 1.807) is 12.1 Å². The van der Waals surface area contributed by atoms with E-state index in [-0.39, 0.29) is 60.3 Å². The molecule has 0 aliphatic carbocycles. The highest BCUT2D eigenvalue weighted by molar-refractivity contribution is 6.03. The standard InChI is InChI=1S/C26H24N4O6/c1-35-23-13-17(3-5-21(23)31)11-19(15-27)25(33)29-7-9-30(10-8-29)26(34)20(16-28)12-18-4-6-22(32)24(14-18)36-2/h3-6,11-14,31-32H,7-10H2,1-2H3. The fourth-order valence-electron chi connectivity index (χ4n) is 3.64. The van der Waals surface area contributed by atoms with E-state index in [4.69, 9.17) is 9.47 Å². The number of carbonyl (C=O) groups is 2. The van der Waals surface area contributed by atoms with E-state index in [1.807, 2.05) is 12.1 Å². The number of nitriles is 2. The molecule has 1 heterocycles. The van der Waals surface area contributed by atoms with Crippen LogP contribution in [0.4, 0.5) is 0 Å². The molecule has 1 saturated heterocycles. The van der Waals surface area contributed by atoms with Gasteiger partial charge in [0.2, 0.25) is 0 Å². The average Bonchev–Trinajstić information content (AvgIpc) is 2.91. The van der Waals surface area contributed by atoms with Crippen LogP contribution in [-0.4, -0.2) is 72.2 Å². The highest BCUT2D eigenvalue weighted by Gasteiger charge is 2.27. The Morgan fingerprint density at radius 2 is 1.14 bits per heavy atom. The molecule has 0 saturated carbocycles. The van der Waals surface area contributed by atoms with Crippen molar-refractivity contribution in [2.45, 2.75) is 0 Å². The van der Waals surface area contributed by atoms with Crippen LogP contribution in [0, 0.1) is 22.7 Å². The molecule has 1 fully saturated rings. The quantitative estimate of drug-likeness (QED) is 0.465. The summed E-state index contributed by atoms with van der Waals surface area (Å²) in [4.78, 5) is 28.8. The molecule has 1 aliphatic heterocycles. The summed E-state index contributed by atoms with van der Waals surface area (Å²) in [6.07, 6.45) is 2.81. The topological polar surface area (TPSA) is 147 Å². The smallest absolute Gasteiger partial charge is 0.264 e. The van der Waals surface area contributed by atoms with Gasteiger partial charge in [0.1, 0.15) is 23.3 Å². The van der Waals surface area contributed by atoms with Crippen LogP contribution in [0.25, 0.3) is 12.2 Å². The van der Waals surface area contributed by atoms with Crippen LogP contribution in [0.15, 0.2) is 47.5 Å². The second kappa shape index (κ2) is 11.4. The van der Waals surface area contributed by atoms with Gasteiger partial charge in [0, 0.05) is 26.2 Å². The maximum Gasteiger partial charge on any atom is 0.264 e. The molecule has 0 bridgehead atoms. The monoisotopic (exact) mass is 488 g/mol. The first-order chi connectivity index (χ1) is 17.3. The molecule has 0 unspecified atom stereocenters. The SMILES string of the molecule is COc1cc(C=C(C#N)C(=O)N2CCN(C(=O)C(C#N)=Cc3ccc(O)c(OC)c3)CC2)ccc1O. The Morgan fingerprint density at radius 1 is 0.778 bits per heavy atom. The molecule has 0 spiro atoms. The zero-order valence-electron chi connectivity index (χ0n) is 19.8. The van der Waals surface area contributed by atoms with Crippen molar-refractivity contribution in [2.75, 3.05) is 40.4 Å². The van der Waals surface area contributed by atoms with Gasteiger partial charge in [-0.05, 0) is 47.5 Å². The zero-order chi connectivity index (χ0) is 26.2. The summed E-state index contributed by atoms with van der Waals surface area (Å²) in [5.74, 6) is -0.653. The van der Waals surface area contributed by atoms with Crippen molar-refractivity contribution in [1.82, 2.24) is 9.80 Å². The summed E-state index contributed by atoms with van der Waals surface area (Å²) < 4.78 is 10.1. The Hall–Kier alpha value is -4.96. The van der Waals surface area contributed by atoms with Crippen molar-refractivity contribution in [2.24, 2.45) is 0 Å². The minimum absolute atomic E-state index is 0.0596. The van der Waals surface area contributed by atoms with Gasteiger partial charge in [-0.15, -0.1) is 0 Å². The Balaban J connectivity index is 1.69. The molecule has 10 nitrogen and oxygen atoms in total. The number of amides is 2. The second-order valence-corrected chi connectivity index (χ2v) is 7.79. The molecular formula is C26H24N4O6. The maximum absolute atomic E-state index is 12.9. The lowest BCUT2D eigenvalue weighted by molar-refractivity contribution is -0.134. The summed E-state index contributed by atoms with van der Waals surface area (Å²) in [7, 11) is 2.79. The van der Waals surface area contributed by atoms with E-state index in [0.29, 0.717) is 11.1 Å². The van der Waals surface area contributed by atoms with Crippen LogP contribution in [-0.2, 0) is 9.59 Å². The lowest BCUT2D eigenvalue weighted by Gasteiger charge is -2.34. The van der Waals surface area contributed by atoms with Gasteiger partial charge in [-0.3, -0.25) is 9.59 Å². The number of methoxy groups -OCH3 is 2. The molecule has 0 radical (unpaired) electrons. The van der Waals surface area contributed by atoms with Crippen LogP contribution in [0.1, 0.15) is 11.1 Å². The third-order valence-electron chi connectivity index (χ3n) is 5.59. The summed E-state index contributed by atoms with van der Waals surface area (Å²) in [5, 5.41) is 38.5. The Bertz CT molecular complexity index is 1210. The van der Waals surface area contributed by atoms with Gasteiger partial charge >= 0.3 is 0 Å². The molecule has 2 amide bonds. The Labute approximate surface area is 208 Å². The van der Waals surface area contributed by atoms with E-state index < -0.39 is 11.8 Å². The lowest BCUT2D eigenvalue weighted by atomic mass is 10.1. The van der Waals surface area contributed by atoms with E-state index in [1.165, 1.54) is 60.4 Å². The number of rotatable bonds is 6. The van der Waals surface area contributed by atoms with Crippen molar-refractivity contribution in [3.8, 4) is 35.1 Å². The van der Waals surface area contributed by atoms with Crippen LogP contribution in [0.3, 0.4) is 0 Å². The lowest BCUT2D eigenvalue weighted by Crippen LogP contribution is -2.51. The number of nitrogens with zero attached hydrogens (tertiary/aromatic N) is 4. The number of aromatic hydroxyl groups is 2. The van der Waals surface area contributed by atoms with Gasteiger partial charge in [-0.25, -0.2) is 0 Å². The number of phenolic OH excluding ortho intramolecular Hbond substituents is 2. The van der Waals surface area contributed by atoms with Gasteiger partial charge in [-0.1, -0.05) is 12.1 Å². The van der Waals surface area contributed by atoms with Gasteiger partial charge < -0.3 is 29.5 Å². The second-order valence-electron chi connectivity index (χ2n) is 7.79. The zero-order valence-corrected chi connectivity index (χ0v) is 19.8. The summed E-state index contributed by atoms with van der Waals surface area (Å²) in [6.45, 7) is 0.755. The summed E-state index contributed by atoms with van der Waals surface area (Å²) in [6, 6.07) is 12.8. The van der Waals surface area contributed by atoms with Crippen molar-refractivity contribution in [3.63, 3.8) is 0 Å². The maximum atomic E-state index is 12.9. The van der Waals surface area contributed by atoms with E-state index >= 15 is 0 Å². The van der Waals surface area contributed by atoms with Gasteiger partial charge in [0.15, 0.2) is 23.0 Å². The minimum atomic E-state index is -0.483. The molecule has 3 rings (SSSR count). The first-order valence-corrected chi connectivity index (χ1v) is 10.9. The van der Waals surface area contributed by atoms with Crippen LogP contribution in [0.2, 0.25) is 0 Å². The fourth-order valence-corrected chi connectivity index (χ4v) is 3.64. The van der Waals surface area contributed by atoms with Crippen molar-refractivity contribution >= 4 is 24.0 Å². The number of phenols is 2. The van der Waals surface area contributed by atoms with Crippen molar-refractivity contribution in [1.29, 1.82) is 10.5 Å². The number of hydrogen-bond acceptors (Lipinski definition) is 8. The average molecular weight is 489 g/mol. The molecule has 184 valence electrons. The molecule has 36 heavy (non-hydrogen) atoms. The molecule has 2 aromatic rings. The summed E-state index contributed by atoms with van der Waals surface area (Å²) in [5.41, 5.74) is 0.832. The molecule has 10 heteroatoms. The molecule has 2 aromatic carbocycles. The van der Waals surface area contributed by atoms with E-state index in [9.17, 15) is 30.3 Å². The number of ether oxygens (including phenoxy) is 2. The molecular weight excluding hydrogens is 464 g/mol. The molecule has 2 N–H and O–H groups in total. The number of benzene rings is 2. The van der Waals surface area contributed by atoms with E-state index in [2.05, 4.69) is 0 Å². The minimum Gasteiger partial charge on any atom is -0.504 e. The van der Waals surface area contributed by atoms with Crippen molar-refractivity contribution < 1.29 is 29.3 Å². The number of piperazine rings is 1. The highest BCUT2D eigenvalue weighted by atomic mass is 16.5. The third-order valence-corrected chi connectivity index (χ3v) is 5.59. The molecule has 1 aliphatic rings. The van der Waals surface area contributed by atoms with Crippen molar-refractivity contribution in [3.05, 3.63) is 58.7 Å². The van der Waals surface area contributed by atoms with E-state index in [0.717, 1.165) is 0 Å². The summed E-state index contributed by atoms with van der Waals surface area (Å²) >= 11 is 0. The van der Waals surface area contributed by atoms with Gasteiger partial charge in [-0.2, -0.15) is 10.5 Å². The highest BCUT2D eigenvalue weighted by Crippen LogP contribution is 2.28. The first-order valence-electron chi connectivity index (χ1n) is 10.9. The number of hydrogen-bond donors (Lipinski definition) is 2. The fraction of sp³-hybridized carbons (Fsp3) is 0.231. The van der Waals surface area contributed by atoms with Gasteiger partial charge in [0.05, 0.1) is 14.2 Å². The Morgan fingerprint density at radius 3 is 1.44 bits per heavy atom. The first kappa shape index (κ1) is 25.7. The van der Waals surface area contributed by atoms with Crippen LogP contribution < -0.4 is 9.47 Å².